The van der Waals surface area contributed by atoms with Crippen molar-refractivity contribution in [1.82, 2.24) is 9.88 Å². The Labute approximate surface area is 157 Å². The van der Waals surface area contributed by atoms with E-state index in [1.54, 1.807) is 0 Å². The second kappa shape index (κ2) is 9.33. The lowest BCUT2D eigenvalue weighted by atomic mass is 9.89. The number of aryl methyl sites for hydroxylation is 2. The van der Waals surface area contributed by atoms with E-state index in [2.05, 4.69) is 36.2 Å². The monoisotopic (exact) mass is 375 g/mol. The molecule has 0 radical (unpaired) electrons. The molecular weight excluding hydrogens is 350 g/mol. The van der Waals surface area contributed by atoms with E-state index >= 15 is 0 Å². The van der Waals surface area contributed by atoms with Gasteiger partial charge in [-0.3, -0.25) is 9.59 Å². The van der Waals surface area contributed by atoms with Crippen LogP contribution in [0.15, 0.2) is 24.3 Å². The van der Waals surface area contributed by atoms with E-state index in [0.29, 0.717) is 17.5 Å². The zero-order chi connectivity index (χ0) is 19.1. The minimum Gasteiger partial charge on any atom is -0.483 e. The standard InChI is InChI=1S/C18H23N3OS.CH2O2/c1-12-5-3-6-14(9-12)15-7-4-8-21(11-15)17(22)10-16-13(2)20-18(19)23-16;2-1-3/h3,5-6,9,15H,4,7-8,10-11H2,1-2H3,(H2,19,20);1H,(H,2,3). The van der Waals surface area contributed by atoms with Crippen molar-refractivity contribution in [3.8, 4) is 0 Å². The number of nitrogen functional groups attached to an aromatic ring is 1. The predicted octanol–water partition coefficient (Wildman–Crippen LogP) is 2.99. The van der Waals surface area contributed by atoms with E-state index in [9.17, 15) is 4.79 Å². The number of rotatable bonds is 3. The zero-order valence-electron chi connectivity index (χ0n) is 15.1. The number of carbonyl (C=O) groups is 2. The third-order valence-electron chi connectivity index (χ3n) is 4.51. The summed E-state index contributed by atoms with van der Waals surface area (Å²) in [6.07, 6.45) is 2.63. The van der Waals surface area contributed by atoms with Gasteiger partial charge in [-0.1, -0.05) is 29.8 Å². The summed E-state index contributed by atoms with van der Waals surface area (Å²) in [6, 6.07) is 8.65. The first-order valence-electron chi connectivity index (χ1n) is 8.58. The molecule has 7 heteroatoms. The summed E-state index contributed by atoms with van der Waals surface area (Å²) in [5, 5.41) is 7.43. The van der Waals surface area contributed by atoms with Gasteiger partial charge in [0.15, 0.2) is 5.13 Å². The molecule has 140 valence electrons. The van der Waals surface area contributed by atoms with Gasteiger partial charge in [-0.25, -0.2) is 4.98 Å². The van der Waals surface area contributed by atoms with Gasteiger partial charge in [0.2, 0.25) is 5.91 Å². The summed E-state index contributed by atoms with van der Waals surface area (Å²) in [5.74, 6) is 0.634. The predicted molar refractivity (Wildman–Crippen MR) is 103 cm³/mol. The Morgan fingerprint density at radius 2 is 2.19 bits per heavy atom. The second-order valence-corrected chi connectivity index (χ2v) is 7.55. The fourth-order valence-electron chi connectivity index (χ4n) is 3.26. The van der Waals surface area contributed by atoms with Crippen LogP contribution in [-0.4, -0.2) is 40.5 Å². The first-order valence-corrected chi connectivity index (χ1v) is 9.40. The largest absolute Gasteiger partial charge is 0.483 e. The Hall–Kier alpha value is -2.41. The highest BCUT2D eigenvalue weighted by Crippen LogP contribution is 2.28. The Morgan fingerprint density at radius 1 is 1.46 bits per heavy atom. The molecule has 0 saturated carbocycles. The molecule has 1 unspecified atom stereocenters. The molecule has 2 aromatic rings. The van der Waals surface area contributed by atoms with Gasteiger partial charge >= 0.3 is 0 Å². The molecule has 0 aliphatic carbocycles. The number of amides is 1. The van der Waals surface area contributed by atoms with E-state index < -0.39 is 0 Å². The minimum absolute atomic E-state index is 0.189. The lowest BCUT2D eigenvalue weighted by Crippen LogP contribution is -2.39. The normalized spacial score (nSPS) is 16.5. The summed E-state index contributed by atoms with van der Waals surface area (Å²) in [4.78, 5) is 28.2. The lowest BCUT2D eigenvalue weighted by Gasteiger charge is -2.33. The van der Waals surface area contributed by atoms with Crippen LogP contribution in [0.1, 0.15) is 40.5 Å². The zero-order valence-corrected chi connectivity index (χ0v) is 16.0. The molecule has 3 rings (SSSR count). The Bertz CT molecular complexity index is 760. The Morgan fingerprint density at radius 3 is 2.81 bits per heavy atom. The molecule has 1 fully saturated rings. The van der Waals surface area contributed by atoms with E-state index in [4.69, 9.17) is 15.6 Å². The number of likely N-dealkylation sites (tertiary alicyclic amines) is 1. The molecular formula is C19H25N3O3S. The van der Waals surface area contributed by atoms with Gasteiger partial charge in [0.05, 0.1) is 12.1 Å². The van der Waals surface area contributed by atoms with E-state index in [-0.39, 0.29) is 12.4 Å². The summed E-state index contributed by atoms with van der Waals surface area (Å²) in [5.41, 5.74) is 9.24. The molecule has 3 N–H and O–H groups in total. The number of benzene rings is 1. The van der Waals surface area contributed by atoms with Crippen LogP contribution in [-0.2, 0) is 16.0 Å². The van der Waals surface area contributed by atoms with Crippen LogP contribution in [0, 0.1) is 13.8 Å². The Kier molecular flexibility index (Phi) is 7.15. The molecule has 6 nitrogen and oxygen atoms in total. The van der Waals surface area contributed by atoms with Crippen molar-refractivity contribution in [2.75, 3.05) is 18.8 Å². The number of carboxylic acid groups (broad SMARTS) is 1. The molecule has 1 aromatic carbocycles. The van der Waals surface area contributed by atoms with Crippen molar-refractivity contribution in [3.63, 3.8) is 0 Å². The summed E-state index contributed by atoms with van der Waals surface area (Å²) >= 11 is 1.42. The van der Waals surface area contributed by atoms with Crippen molar-refractivity contribution in [3.05, 3.63) is 46.0 Å². The molecule has 1 aromatic heterocycles. The van der Waals surface area contributed by atoms with Gasteiger partial charge in [0.1, 0.15) is 0 Å². The fourth-order valence-corrected chi connectivity index (χ4v) is 4.09. The number of nitrogens with zero attached hydrogens (tertiary/aromatic N) is 2. The number of thiazole rings is 1. The first kappa shape index (κ1) is 19.9. The van der Waals surface area contributed by atoms with E-state index in [0.717, 1.165) is 36.5 Å². The summed E-state index contributed by atoms with van der Waals surface area (Å²) in [6.45, 7) is 5.46. The fraction of sp³-hybridized carbons (Fsp3) is 0.421. The minimum atomic E-state index is -0.250. The highest BCUT2D eigenvalue weighted by molar-refractivity contribution is 7.15. The van der Waals surface area contributed by atoms with E-state index in [1.807, 2.05) is 11.8 Å². The lowest BCUT2D eigenvalue weighted by molar-refractivity contribution is -0.131. The van der Waals surface area contributed by atoms with Gasteiger partial charge in [-0.2, -0.15) is 0 Å². The third-order valence-corrected chi connectivity index (χ3v) is 5.50. The van der Waals surface area contributed by atoms with Crippen molar-refractivity contribution in [2.45, 2.75) is 39.0 Å². The number of anilines is 1. The number of carbonyl (C=O) groups excluding carboxylic acids is 1. The van der Waals surface area contributed by atoms with Crippen molar-refractivity contribution >= 4 is 28.8 Å². The van der Waals surface area contributed by atoms with Gasteiger partial charge in [-0.15, -0.1) is 11.3 Å². The molecule has 2 heterocycles. The van der Waals surface area contributed by atoms with E-state index in [1.165, 1.54) is 22.5 Å². The second-order valence-electron chi connectivity index (χ2n) is 6.44. The van der Waals surface area contributed by atoms with Crippen LogP contribution in [0.3, 0.4) is 0 Å². The number of piperidine rings is 1. The molecule has 1 amide bonds. The molecule has 0 bridgehead atoms. The maximum Gasteiger partial charge on any atom is 0.290 e. The number of aromatic nitrogens is 1. The summed E-state index contributed by atoms with van der Waals surface area (Å²) in [7, 11) is 0. The van der Waals surface area contributed by atoms with Crippen LogP contribution < -0.4 is 5.73 Å². The van der Waals surface area contributed by atoms with Crippen molar-refractivity contribution in [2.24, 2.45) is 0 Å². The highest BCUT2D eigenvalue weighted by atomic mass is 32.1. The molecule has 1 aliphatic rings. The molecule has 1 aliphatic heterocycles. The van der Waals surface area contributed by atoms with Crippen LogP contribution in [0.5, 0.6) is 0 Å². The van der Waals surface area contributed by atoms with Crippen LogP contribution in [0.25, 0.3) is 0 Å². The smallest absolute Gasteiger partial charge is 0.290 e. The number of hydrogen-bond donors (Lipinski definition) is 2. The van der Waals surface area contributed by atoms with Crippen molar-refractivity contribution in [1.29, 1.82) is 0 Å². The first-order chi connectivity index (χ1) is 12.4. The van der Waals surface area contributed by atoms with Gasteiger partial charge in [0.25, 0.3) is 6.47 Å². The van der Waals surface area contributed by atoms with Crippen molar-refractivity contribution < 1.29 is 14.7 Å². The average Bonchev–Trinajstić information content (AvgIpc) is 2.93. The average molecular weight is 375 g/mol. The molecule has 1 saturated heterocycles. The Balaban J connectivity index is 0.000000758. The number of hydrogen-bond acceptors (Lipinski definition) is 5. The molecule has 26 heavy (non-hydrogen) atoms. The molecule has 0 spiro atoms. The van der Waals surface area contributed by atoms with Gasteiger partial charge < -0.3 is 15.7 Å². The topological polar surface area (TPSA) is 96.5 Å². The quantitative estimate of drug-likeness (QED) is 0.804. The van der Waals surface area contributed by atoms with Crippen LogP contribution in [0.4, 0.5) is 5.13 Å². The maximum atomic E-state index is 12.6. The highest BCUT2D eigenvalue weighted by Gasteiger charge is 2.25. The van der Waals surface area contributed by atoms with Crippen LogP contribution >= 0.6 is 11.3 Å². The third kappa shape index (κ3) is 5.29. The van der Waals surface area contributed by atoms with Gasteiger partial charge in [-0.05, 0) is 32.3 Å². The number of nitrogens with two attached hydrogens (primary N) is 1. The van der Waals surface area contributed by atoms with Crippen LogP contribution in [0.2, 0.25) is 0 Å². The maximum absolute atomic E-state index is 12.6. The SMILES string of the molecule is Cc1cccc(C2CCCN(C(=O)Cc3sc(N)nc3C)C2)c1.O=CO. The molecule has 1 atom stereocenters. The summed E-state index contributed by atoms with van der Waals surface area (Å²) < 4.78 is 0. The van der Waals surface area contributed by atoms with Gasteiger partial charge in [0, 0.05) is 23.9 Å².